The zero-order valence-electron chi connectivity index (χ0n) is 20.3. The molecule has 0 saturated carbocycles. The van der Waals surface area contributed by atoms with E-state index in [-0.39, 0.29) is 12.8 Å². The van der Waals surface area contributed by atoms with E-state index in [0.717, 1.165) is 11.1 Å². The summed E-state index contributed by atoms with van der Waals surface area (Å²) >= 11 is 0. The molecule has 172 valence electrons. The fourth-order valence-corrected chi connectivity index (χ4v) is 2.82. The lowest BCUT2D eigenvalue weighted by Crippen LogP contribution is -2.46. The molecule has 0 radical (unpaired) electrons. The second kappa shape index (κ2) is 10.9. The average Bonchev–Trinajstić information content (AvgIpc) is 2.71. The van der Waals surface area contributed by atoms with Gasteiger partial charge in [-0.15, -0.1) is 0 Å². The summed E-state index contributed by atoms with van der Waals surface area (Å²) < 4.78 is 11.3. The third-order valence-electron chi connectivity index (χ3n) is 4.37. The Morgan fingerprint density at radius 3 is 1.27 bits per heavy atom. The van der Waals surface area contributed by atoms with E-state index < -0.39 is 28.6 Å². The normalized spacial score (nSPS) is 11.3. The number of hydrogen-bond donors (Lipinski definition) is 0. The maximum Gasteiger partial charge on any atom is 0.326 e. The lowest BCUT2D eigenvalue weighted by Gasteiger charge is -2.32. The molecule has 0 aliphatic rings. The zero-order valence-corrected chi connectivity index (χ0v) is 20.3. The van der Waals surface area contributed by atoms with E-state index in [1.807, 2.05) is 60.7 Å². The van der Waals surface area contributed by atoms with E-state index in [2.05, 4.69) is 23.7 Å². The highest BCUT2D eigenvalue weighted by molar-refractivity contribution is 6.01. The van der Waals surface area contributed by atoms with Crippen LogP contribution in [0.15, 0.2) is 60.7 Å². The van der Waals surface area contributed by atoms with Crippen molar-refractivity contribution in [2.24, 2.45) is 5.41 Å². The average molecular weight is 445 g/mol. The Labute approximate surface area is 197 Å². The molecular weight excluding hydrogens is 412 g/mol. The van der Waals surface area contributed by atoms with Crippen LogP contribution in [0.3, 0.4) is 0 Å². The molecule has 4 heteroatoms. The Hall–Kier alpha value is -3.50. The molecule has 0 N–H and O–H groups in total. The molecule has 0 aliphatic heterocycles. The van der Waals surface area contributed by atoms with Crippen molar-refractivity contribution in [2.75, 3.05) is 0 Å². The first kappa shape index (κ1) is 25.8. The van der Waals surface area contributed by atoms with Crippen LogP contribution in [-0.4, -0.2) is 23.1 Å². The van der Waals surface area contributed by atoms with Crippen molar-refractivity contribution in [2.45, 2.75) is 65.6 Å². The molecule has 0 heterocycles. The van der Waals surface area contributed by atoms with E-state index in [0.29, 0.717) is 0 Å². The third kappa shape index (κ3) is 8.51. The summed E-state index contributed by atoms with van der Waals surface area (Å²) in [7, 11) is 0. The molecule has 0 fully saturated rings. The Kier molecular flexibility index (Phi) is 8.50. The standard InChI is InChI=1S/C29H32O4/c1-27(2,3)32-25(30)29(26(31)33-28(4,5)6,21-13-19-23-15-9-7-10-16-23)22-14-20-24-17-11-8-12-18-24/h7-12,15-18H,21-22H2,1-6H3. The minimum Gasteiger partial charge on any atom is -0.459 e. The summed E-state index contributed by atoms with van der Waals surface area (Å²) in [6.45, 7) is 10.6. The first-order valence-electron chi connectivity index (χ1n) is 11.0. The Morgan fingerprint density at radius 2 is 0.970 bits per heavy atom. The smallest absolute Gasteiger partial charge is 0.326 e. The van der Waals surface area contributed by atoms with Crippen molar-refractivity contribution >= 4 is 11.9 Å². The topological polar surface area (TPSA) is 52.6 Å². The maximum absolute atomic E-state index is 13.4. The lowest BCUT2D eigenvalue weighted by atomic mass is 9.80. The number of benzene rings is 2. The fraction of sp³-hybridized carbons (Fsp3) is 0.379. The molecule has 0 aromatic heterocycles. The van der Waals surface area contributed by atoms with Gasteiger partial charge in [-0.3, -0.25) is 9.59 Å². The first-order chi connectivity index (χ1) is 15.4. The summed E-state index contributed by atoms with van der Waals surface area (Å²) in [6, 6.07) is 18.8. The van der Waals surface area contributed by atoms with Crippen molar-refractivity contribution in [3.63, 3.8) is 0 Å². The van der Waals surface area contributed by atoms with Crippen molar-refractivity contribution in [3.8, 4) is 23.7 Å². The molecular formula is C29H32O4. The van der Waals surface area contributed by atoms with Gasteiger partial charge in [0.05, 0.1) is 0 Å². The van der Waals surface area contributed by atoms with Gasteiger partial charge < -0.3 is 9.47 Å². The summed E-state index contributed by atoms with van der Waals surface area (Å²) in [5.74, 6) is 10.7. The quantitative estimate of drug-likeness (QED) is 0.353. The minimum absolute atomic E-state index is 0.0742. The van der Waals surface area contributed by atoms with Gasteiger partial charge in [-0.1, -0.05) is 60.1 Å². The second-order valence-corrected chi connectivity index (χ2v) is 9.78. The number of carbonyl (C=O) groups is 2. The summed E-state index contributed by atoms with van der Waals surface area (Å²) in [5, 5.41) is 0. The molecule has 33 heavy (non-hydrogen) atoms. The third-order valence-corrected chi connectivity index (χ3v) is 4.37. The van der Waals surface area contributed by atoms with Gasteiger partial charge in [-0.05, 0) is 65.8 Å². The maximum atomic E-state index is 13.4. The highest BCUT2D eigenvalue weighted by atomic mass is 16.6. The predicted molar refractivity (Wildman–Crippen MR) is 130 cm³/mol. The predicted octanol–water partition coefficient (Wildman–Crippen LogP) is 5.54. The van der Waals surface area contributed by atoms with Crippen molar-refractivity contribution in [1.29, 1.82) is 0 Å². The van der Waals surface area contributed by atoms with Crippen molar-refractivity contribution in [1.82, 2.24) is 0 Å². The largest absolute Gasteiger partial charge is 0.459 e. The van der Waals surface area contributed by atoms with Gasteiger partial charge in [0.2, 0.25) is 0 Å². The van der Waals surface area contributed by atoms with Crippen LogP contribution in [0.5, 0.6) is 0 Å². The second-order valence-electron chi connectivity index (χ2n) is 9.78. The van der Waals surface area contributed by atoms with Crippen LogP contribution < -0.4 is 0 Å². The number of rotatable bonds is 4. The van der Waals surface area contributed by atoms with Gasteiger partial charge in [0, 0.05) is 24.0 Å². The van der Waals surface area contributed by atoms with E-state index in [4.69, 9.17) is 9.47 Å². The van der Waals surface area contributed by atoms with E-state index in [1.54, 1.807) is 41.5 Å². The molecule has 2 aromatic rings. The molecule has 2 rings (SSSR count). The first-order valence-corrected chi connectivity index (χ1v) is 11.0. The summed E-state index contributed by atoms with van der Waals surface area (Å²) in [5.41, 5.74) is -1.68. The van der Waals surface area contributed by atoms with Crippen LogP contribution in [0, 0.1) is 29.1 Å². The highest BCUT2D eigenvalue weighted by Gasteiger charge is 2.50. The minimum atomic E-state index is -1.68. The zero-order chi connectivity index (χ0) is 24.5. The molecule has 0 bridgehead atoms. The molecule has 4 nitrogen and oxygen atoms in total. The fourth-order valence-electron chi connectivity index (χ4n) is 2.82. The van der Waals surface area contributed by atoms with Gasteiger partial charge in [0.1, 0.15) is 11.2 Å². The van der Waals surface area contributed by atoms with E-state index in [9.17, 15) is 9.59 Å². The number of ether oxygens (including phenoxy) is 2. The molecule has 0 atom stereocenters. The van der Waals surface area contributed by atoms with E-state index in [1.165, 1.54) is 0 Å². The van der Waals surface area contributed by atoms with Gasteiger partial charge in [0.25, 0.3) is 0 Å². The number of esters is 2. The molecule has 0 unspecified atom stereocenters. The van der Waals surface area contributed by atoms with Crippen LogP contribution in [0.25, 0.3) is 0 Å². The summed E-state index contributed by atoms with van der Waals surface area (Å²) in [4.78, 5) is 26.9. The Balaban J connectivity index is 2.50. The molecule has 0 spiro atoms. The van der Waals surface area contributed by atoms with E-state index >= 15 is 0 Å². The lowest BCUT2D eigenvalue weighted by molar-refractivity contribution is -0.184. The highest BCUT2D eigenvalue weighted by Crippen LogP contribution is 2.33. The van der Waals surface area contributed by atoms with Crippen LogP contribution in [0.2, 0.25) is 0 Å². The SMILES string of the molecule is CC(C)(C)OC(=O)C(CC#Cc1ccccc1)(CC#Cc1ccccc1)C(=O)OC(C)(C)C. The molecule has 2 aromatic carbocycles. The monoisotopic (exact) mass is 444 g/mol. The molecule has 0 aliphatic carbocycles. The van der Waals surface area contributed by atoms with Crippen LogP contribution >= 0.6 is 0 Å². The molecule has 0 saturated heterocycles. The number of hydrogen-bond acceptors (Lipinski definition) is 4. The van der Waals surface area contributed by atoms with Crippen LogP contribution in [0.4, 0.5) is 0 Å². The van der Waals surface area contributed by atoms with Gasteiger partial charge in [-0.25, -0.2) is 0 Å². The van der Waals surface area contributed by atoms with Gasteiger partial charge >= 0.3 is 11.9 Å². The Bertz CT molecular complexity index is 974. The molecule has 0 amide bonds. The van der Waals surface area contributed by atoms with Crippen molar-refractivity contribution in [3.05, 3.63) is 71.8 Å². The summed E-state index contributed by atoms with van der Waals surface area (Å²) in [6.07, 6.45) is -0.148. The Morgan fingerprint density at radius 1 is 0.636 bits per heavy atom. The van der Waals surface area contributed by atoms with Gasteiger partial charge in [0.15, 0.2) is 5.41 Å². The van der Waals surface area contributed by atoms with Crippen LogP contribution in [0.1, 0.15) is 65.5 Å². The number of carbonyl (C=O) groups excluding carboxylic acids is 2. The van der Waals surface area contributed by atoms with Crippen molar-refractivity contribution < 1.29 is 19.1 Å². The van der Waals surface area contributed by atoms with Gasteiger partial charge in [-0.2, -0.15) is 0 Å². The van der Waals surface area contributed by atoms with Crippen LogP contribution in [-0.2, 0) is 19.1 Å².